The highest BCUT2D eigenvalue weighted by Gasteiger charge is 2.18. The third kappa shape index (κ3) is 2.42. The van der Waals surface area contributed by atoms with E-state index in [1.807, 2.05) is 0 Å². The summed E-state index contributed by atoms with van der Waals surface area (Å²) in [7, 11) is -1.29. The molecule has 0 N–H and O–H groups in total. The molecule has 0 saturated carbocycles. The zero-order chi connectivity index (χ0) is 14.3. The first kappa shape index (κ1) is 13.5. The molecule has 3 rings (SSSR count). The molecule has 0 spiro atoms. The third-order valence-corrected chi connectivity index (χ3v) is 4.34. The molecule has 0 fully saturated rings. The van der Waals surface area contributed by atoms with Gasteiger partial charge in [0.2, 0.25) is 0 Å². The van der Waals surface area contributed by atoms with Crippen LogP contribution in [0.2, 0.25) is 10.0 Å². The van der Waals surface area contributed by atoms with E-state index in [0.717, 1.165) is 0 Å². The molecule has 2 aromatic rings. The minimum atomic E-state index is -1.29. The second kappa shape index (κ2) is 5.13. The zero-order valence-corrected chi connectivity index (χ0v) is 12.3. The smallest absolute Gasteiger partial charge is 0.193 e. The van der Waals surface area contributed by atoms with Crippen LogP contribution in [0.4, 0.5) is 5.69 Å². The third-order valence-electron chi connectivity index (χ3n) is 2.85. The molecule has 0 amide bonds. The van der Waals surface area contributed by atoms with Gasteiger partial charge >= 0.3 is 0 Å². The first-order valence-electron chi connectivity index (χ1n) is 5.64. The van der Waals surface area contributed by atoms with Gasteiger partial charge in [-0.05, 0) is 36.4 Å². The fourth-order valence-electron chi connectivity index (χ4n) is 1.94. The normalized spacial score (nSPS) is 16.2. The lowest BCUT2D eigenvalue weighted by Gasteiger charge is -2.04. The van der Waals surface area contributed by atoms with Gasteiger partial charge in [-0.2, -0.15) is 0 Å². The Morgan fingerprint density at radius 3 is 2.40 bits per heavy atom. The van der Waals surface area contributed by atoms with E-state index in [0.29, 0.717) is 31.8 Å². The number of halogens is 2. The number of hydrogen-bond acceptors (Lipinski definition) is 3. The van der Waals surface area contributed by atoms with Gasteiger partial charge in [0.15, 0.2) is 5.78 Å². The van der Waals surface area contributed by atoms with Gasteiger partial charge in [-0.1, -0.05) is 23.2 Å². The van der Waals surface area contributed by atoms with Gasteiger partial charge < -0.3 is 0 Å². The molecule has 6 heteroatoms. The maximum Gasteiger partial charge on any atom is 0.193 e. The van der Waals surface area contributed by atoms with Crippen LogP contribution in [-0.4, -0.2) is 15.5 Å². The molecular weight excluding hydrogens is 317 g/mol. The molecule has 0 aromatic heterocycles. The predicted octanol–water partition coefficient (Wildman–Crippen LogP) is 4.01. The van der Waals surface area contributed by atoms with Crippen molar-refractivity contribution in [3.05, 3.63) is 57.6 Å². The van der Waals surface area contributed by atoms with E-state index in [1.54, 1.807) is 36.4 Å². The maximum absolute atomic E-state index is 12.4. The number of ketones is 1. The summed E-state index contributed by atoms with van der Waals surface area (Å²) < 4.78 is 11.7. The number of fused-ring (bicyclic) bond motifs is 1. The summed E-state index contributed by atoms with van der Waals surface area (Å²) in [5.41, 5.74) is 2.81. The summed E-state index contributed by atoms with van der Waals surface area (Å²) in [6.45, 7) is 0. The number of carbonyl (C=O) groups is 1. The molecule has 0 bridgehead atoms. The Hall–Kier alpha value is -1.49. The molecule has 1 unspecified atom stereocenters. The standard InChI is InChI=1S/C14H7Cl2NO2S/c15-10-3-9(4-11(16)6-10)14(18)8-1-2-12-13(5-8)20(19)7-17-12/h1-7H. The van der Waals surface area contributed by atoms with Gasteiger partial charge in [0.25, 0.3) is 0 Å². The van der Waals surface area contributed by atoms with E-state index in [2.05, 4.69) is 4.99 Å². The molecule has 100 valence electrons. The van der Waals surface area contributed by atoms with Crippen molar-refractivity contribution in [2.45, 2.75) is 4.90 Å². The molecule has 0 aliphatic carbocycles. The quantitative estimate of drug-likeness (QED) is 0.784. The molecule has 20 heavy (non-hydrogen) atoms. The van der Waals surface area contributed by atoms with E-state index in [4.69, 9.17) is 23.2 Å². The molecule has 1 aliphatic heterocycles. The minimum absolute atomic E-state index is 0.221. The second-order valence-electron chi connectivity index (χ2n) is 4.20. The van der Waals surface area contributed by atoms with Crippen LogP contribution < -0.4 is 0 Å². The Morgan fingerprint density at radius 2 is 1.70 bits per heavy atom. The lowest BCUT2D eigenvalue weighted by atomic mass is 10.0. The van der Waals surface area contributed by atoms with Crippen LogP contribution in [0.15, 0.2) is 46.3 Å². The largest absolute Gasteiger partial charge is 0.289 e. The van der Waals surface area contributed by atoms with Gasteiger partial charge in [0, 0.05) is 21.2 Å². The molecular formula is C14H7Cl2NO2S. The molecule has 2 aromatic carbocycles. The van der Waals surface area contributed by atoms with Crippen LogP contribution in [0.5, 0.6) is 0 Å². The van der Waals surface area contributed by atoms with E-state index in [-0.39, 0.29) is 5.78 Å². The fourth-order valence-corrected chi connectivity index (χ4v) is 3.36. The van der Waals surface area contributed by atoms with Gasteiger partial charge in [-0.25, -0.2) is 9.20 Å². The first-order valence-corrected chi connectivity index (χ1v) is 7.61. The van der Waals surface area contributed by atoms with Crippen LogP contribution in [0.1, 0.15) is 15.9 Å². The lowest BCUT2D eigenvalue weighted by molar-refractivity contribution is 0.103. The Kier molecular flexibility index (Phi) is 3.46. The van der Waals surface area contributed by atoms with Gasteiger partial charge in [-0.15, -0.1) is 0 Å². The van der Waals surface area contributed by atoms with Crippen molar-refractivity contribution in [1.82, 2.24) is 0 Å². The molecule has 1 aliphatic rings. The summed E-state index contributed by atoms with van der Waals surface area (Å²) in [4.78, 5) is 16.9. The number of rotatable bonds is 2. The van der Waals surface area contributed by atoms with Gasteiger partial charge in [0.1, 0.15) is 0 Å². The van der Waals surface area contributed by atoms with E-state index in [9.17, 15) is 9.00 Å². The highest BCUT2D eigenvalue weighted by molar-refractivity contribution is 7.99. The van der Waals surface area contributed by atoms with E-state index < -0.39 is 10.8 Å². The molecule has 1 heterocycles. The molecule has 0 radical (unpaired) electrons. The Bertz CT molecular complexity index is 766. The Balaban J connectivity index is 2.03. The molecule has 3 nitrogen and oxygen atoms in total. The van der Waals surface area contributed by atoms with Crippen molar-refractivity contribution >= 4 is 51.0 Å². The zero-order valence-electron chi connectivity index (χ0n) is 9.97. The fraction of sp³-hybridized carbons (Fsp3) is 0. The van der Waals surface area contributed by atoms with Crippen LogP contribution >= 0.6 is 23.2 Å². The van der Waals surface area contributed by atoms with Crippen molar-refractivity contribution in [3.63, 3.8) is 0 Å². The van der Waals surface area contributed by atoms with Crippen molar-refractivity contribution < 1.29 is 9.00 Å². The first-order chi connectivity index (χ1) is 9.54. The van der Waals surface area contributed by atoms with Crippen LogP contribution in [0.3, 0.4) is 0 Å². The monoisotopic (exact) mass is 323 g/mol. The average molecular weight is 324 g/mol. The van der Waals surface area contributed by atoms with Crippen LogP contribution in [0.25, 0.3) is 0 Å². The Labute approximate surface area is 127 Å². The van der Waals surface area contributed by atoms with Crippen molar-refractivity contribution in [2.75, 3.05) is 0 Å². The Morgan fingerprint density at radius 1 is 1.00 bits per heavy atom. The number of nitrogens with zero attached hydrogens (tertiary/aromatic N) is 1. The molecule has 0 saturated heterocycles. The van der Waals surface area contributed by atoms with Crippen molar-refractivity contribution in [3.8, 4) is 0 Å². The number of benzene rings is 2. The SMILES string of the molecule is O=C(c1cc(Cl)cc(Cl)c1)c1ccc2c(c1)S(=O)C=N2. The van der Waals surface area contributed by atoms with E-state index >= 15 is 0 Å². The average Bonchev–Trinajstić information content (AvgIpc) is 2.78. The number of hydrogen-bond donors (Lipinski definition) is 0. The molecule has 1 atom stereocenters. The summed E-state index contributed by atoms with van der Waals surface area (Å²) in [5, 5.41) is 0.794. The van der Waals surface area contributed by atoms with Crippen molar-refractivity contribution in [1.29, 1.82) is 0 Å². The summed E-state index contributed by atoms with van der Waals surface area (Å²) in [6, 6.07) is 9.58. The highest BCUT2D eigenvalue weighted by Crippen LogP contribution is 2.29. The summed E-state index contributed by atoms with van der Waals surface area (Å²) in [5.74, 6) is -0.221. The maximum atomic E-state index is 12.4. The summed E-state index contributed by atoms with van der Waals surface area (Å²) >= 11 is 11.8. The topological polar surface area (TPSA) is 46.5 Å². The van der Waals surface area contributed by atoms with Gasteiger partial charge in [-0.3, -0.25) is 4.79 Å². The lowest BCUT2D eigenvalue weighted by Crippen LogP contribution is -2.02. The minimum Gasteiger partial charge on any atom is -0.289 e. The summed E-state index contributed by atoms with van der Waals surface area (Å²) in [6.07, 6.45) is 0. The van der Waals surface area contributed by atoms with Crippen LogP contribution in [0, 0.1) is 0 Å². The predicted molar refractivity (Wildman–Crippen MR) is 80.9 cm³/mol. The highest BCUT2D eigenvalue weighted by atomic mass is 35.5. The van der Waals surface area contributed by atoms with E-state index in [1.165, 1.54) is 5.55 Å². The van der Waals surface area contributed by atoms with Gasteiger partial charge in [0.05, 0.1) is 26.9 Å². The van der Waals surface area contributed by atoms with Crippen molar-refractivity contribution in [2.24, 2.45) is 4.99 Å². The van der Waals surface area contributed by atoms with Crippen LogP contribution in [-0.2, 0) is 10.8 Å². The second-order valence-corrected chi connectivity index (χ2v) is 6.32. The number of aliphatic imine (C=N–C) groups is 1. The number of carbonyl (C=O) groups excluding carboxylic acids is 1.